The zero-order valence-electron chi connectivity index (χ0n) is 16.4. The molecule has 0 fully saturated rings. The van der Waals surface area contributed by atoms with Crippen LogP contribution in [0.5, 0.6) is 5.75 Å². The molecule has 2 aromatic rings. The molecule has 1 N–H and O–H groups in total. The van der Waals surface area contributed by atoms with Gasteiger partial charge in [-0.2, -0.15) is 5.10 Å². The predicted octanol–water partition coefficient (Wildman–Crippen LogP) is 5.41. The van der Waals surface area contributed by atoms with Crippen molar-refractivity contribution in [2.24, 2.45) is 5.10 Å². The maximum Gasteiger partial charge on any atom is 0.138 e. The van der Waals surface area contributed by atoms with Crippen LogP contribution in [0.3, 0.4) is 0 Å². The minimum absolute atomic E-state index is 0.00809. The minimum atomic E-state index is -0.722. The van der Waals surface area contributed by atoms with Gasteiger partial charge in [-0.3, -0.25) is 10.4 Å². The molecule has 1 aromatic carbocycles. The Labute approximate surface area is 179 Å². The number of anilines is 1. The Morgan fingerprint density at radius 2 is 1.97 bits per heavy atom. The third-order valence-corrected chi connectivity index (χ3v) is 4.05. The van der Waals surface area contributed by atoms with E-state index in [0.717, 1.165) is 23.8 Å². The summed E-state index contributed by atoms with van der Waals surface area (Å²) in [7, 11) is 0. The molecule has 8 heteroatoms. The van der Waals surface area contributed by atoms with Gasteiger partial charge in [-0.25, -0.2) is 8.78 Å². The van der Waals surface area contributed by atoms with E-state index < -0.39 is 11.6 Å². The second-order valence-corrected chi connectivity index (χ2v) is 6.23. The molecule has 0 aliphatic heterocycles. The number of benzene rings is 1. The second-order valence-electron chi connectivity index (χ2n) is 5.79. The molecule has 156 valence electrons. The summed E-state index contributed by atoms with van der Waals surface area (Å²) in [6, 6.07) is 4.80. The topological polar surface area (TPSA) is 55.7 Å². The summed E-state index contributed by atoms with van der Waals surface area (Å²) < 4.78 is 37.6. The van der Waals surface area contributed by atoms with Gasteiger partial charge >= 0.3 is 0 Å². The summed E-state index contributed by atoms with van der Waals surface area (Å²) in [5.41, 5.74) is 4.47. The highest BCUT2D eigenvalue weighted by molar-refractivity contribution is 7.82. The number of hydrogen-bond acceptors (Lipinski definition) is 6. The van der Waals surface area contributed by atoms with E-state index in [1.165, 1.54) is 12.3 Å². The van der Waals surface area contributed by atoms with Gasteiger partial charge in [0.2, 0.25) is 0 Å². The maximum atomic E-state index is 13.3. The van der Waals surface area contributed by atoms with Gasteiger partial charge in [0.25, 0.3) is 0 Å². The monoisotopic (exact) mass is 429 g/mol. The molecule has 0 saturated carbocycles. The molecule has 0 amide bonds. The molecule has 0 saturated heterocycles. The lowest BCUT2D eigenvalue weighted by Gasteiger charge is -2.08. The fourth-order valence-corrected chi connectivity index (χ4v) is 2.40. The van der Waals surface area contributed by atoms with E-state index in [9.17, 15) is 8.78 Å². The lowest BCUT2D eigenvalue weighted by Crippen LogP contribution is -2.17. The lowest BCUT2D eigenvalue weighted by molar-refractivity contribution is 0.306. The first-order valence-electron chi connectivity index (χ1n) is 8.95. The Morgan fingerprint density at radius 3 is 2.60 bits per heavy atom. The van der Waals surface area contributed by atoms with E-state index in [2.05, 4.69) is 28.7 Å². The normalized spacial score (nSPS) is 11.2. The molecule has 5 nitrogen and oxygen atoms in total. The van der Waals surface area contributed by atoms with E-state index in [1.807, 2.05) is 13.0 Å². The van der Waals surface area contributed by atoms with Crippen LogP contribution in [0.25, 0.3) is 12.2 Å². The van der Waals surface area contributed by atoms with Crippen molar-refractivity contribution in [3.8, 4) is 5.75 Å². The molecule has 0 aliphatic rings. The molecule has 30 heavy (non-hydrogen) atoms. The summed E-state index contributed by atoms with van der Waals surface area (Å²) in [4.78, 5) is 4.60. The van der Waals surface area contributed by atoms with Crippen LogP contribution in [0.1, 0.15) is 18.2 Å². The SMILES string of the molecule is C=CC(=S)/C(CO/C=C/c1cc(OCC)cnc1C=C)=N\Nc1cc(F)cc(F)c1. The third kappa shape index (κ3) is 6.89. The minimum Gasteiger partial charge on any atom is -0.495 e. The van der Waals surface area contributed by atoms with Crippen molar-refractivity contribution in [2.45, 2.75) is 6.92 Å². The van der Waals surface area contributed by atoms with Crippen LogP contribution in [0.15, 0.2) is 61.1 Å². The fourth-order valence-electron chi connectivity index (χ4n) is 2.30. The third-order valence-electron chi connectivity index (χ3n) is 3.64. The van der Waals surface area contributed by atoms with Crippen molar-refractivity contribution in [1.29, 1.82) is 0 Å². The zero-order valence-corrected chi connectivity index (χ0v) is 17.2. The first-order chi connectivity index (χ1) is 14.5. The maximum absolute atomic E-state index is 13.3. The molecule has 0 spiro atoms. The molecule has 0 aliphatic carbocycles. The average Bonchev–Trinajstić information content (AvgIpc) is 2.72. The van der Waals surface area contributed by atoms with Gasteiger partial charge in [0, 0.05) is 11.6 Å². The smallest absolute Gasteiger partial charge is 0.138 e. The molecular formula is C22H21F2N3O2S. The quantitative estimate of drug-likeness (QED) is 0.170. The highest BCUT2D eigenvalue weighted by Gasteiger charge is 2.06. The summed E-state index contributed by atoms with van der Waals surface area (Å²) in [5.74, 6) is -0.814. The number of hydrogen-bond donors (Lipinski definition) is 1. The fraction of sp³-hybridized carbons (Fsp3) is 0.136. The van der Waals surface area contributed by atoms with E-state index in [0.29, 0.717) is 28.6 Å². The van der Waals surface area contributed by atoms with Crippen LogP contribution in [0.4, 0.5) is 14.5 Å². The number of nitrogens with zero attached hydrogens (tertiary/aromatic N) is 2. The van der Waals surface area contributed by atoms with Crippen molar-refractivity contribution >= 4 is 40.6 Å². The summed E-state index contributed by atoms with van der Waals surface area (Å²) >= 11 is 5.19. The van der Waals surface area contributed by atoms with Gasteiger partial charge in [-0.1, -0.05) is 25.4 Å². The van der Waals surface area contributed by atoms with Gasteiger partial charge in [0.15, 0.2) is 0 Å². The van der Waals surface area contributed by atoms with E-state index in [1.54, 1.807) is 18.3 Å². The average molecular weight is 429 g/mol. The van der Waals surface area contributed by atoms with Crippen LogP contribution in [0, 0.1) is 11.6 Å². The van der Waals surface area contributed by atoms with Crippen molar-refractivity contribution < 1.29 is 18.3 Å². The Kier molecular flexibility index (Phi) is 8.83. The van der Waals surface area contributed by atoms with Gasteiger partial charge in [-0.15, -0.1) is 0 Å². The molecule has 1 aromatic heterocycles. The number of halogens is 2. The molecule has 0 unspecified atom stereocenters. The van der Waals surface area contributed by atoms with Crippen LogP contribution in [-0.4, -0.2) is 28.8 Å². The van der Waals surface area contributed by atoms with E-state index in [-0.39, 0.29) is 12.3 Å². The summed E-state index contributed by atoms with van der Waals surface area (Å²) in [6.45, 7) is 9.77. The van der Waals surface area contributed by atoms with E-state index in [4.69, 9.17) is 21.7 Å². The summed E-state index contributed by atoms with van der Waals surface area (Å²) in [5, 5.41) is 4.08. The Balaban J connectivity index is 2.09. The number of aromatic nitrogens is 1. The van der Waals surface area contributed by atoms with Gasteiger partial charge < -0.3 is 9.47 Å². The standard InChI is InChI=1S/C22H21F2N3O2S/c1-4-20-15(9-19(13-25-20)29-6-3)7-8-28-14-21(22(30)5-2)27-26-18-11-16(23)10-17(24)12-18/h4-5,7-13,26H,1-2,6,14H2,3H3/b8-7+,27-21-. The van der Waals surface area contributed by atoms with Crippen molar-refractivity contribution in [3.05, 3.63) is 78.9 Å². The number of rotatable bonds is 11. The first kappa shape index (κ1) is 22.9. The Hall–Kier alpha value is -3.39. The van der Waals surface area contributed by atoms with Crippen molar-refractivity contribution in [1.82, 2.24) is 4.98 Å². The highest BCUT2D eigenvalue weighted by Crippen LogP contribution is 2.18. The van der Waals surface area contributed by atoms with Crippen LogP contribution >= 0.6 is 12.2 Å². The van der Waals surface area contributed by atoms with Crippen molar-refractivity contribution in [3.63, 3.8) is 0 Å². The Bertz CT molecular complexity index is 970. The zero-order chi connectivity index (χ0) is 21.9. The predicted molar refractivity (Wildman–Crippen MR) is 121 cm³/mol. The number of pyridine rings is 1. The highest BCUT2D eigenvalue weighted by atomic mass is 32.1. The van der Waals surface area contributed by atoms with E-state index >= 15 is 0 Å². The van der Waals surface area contributed by atoms with Gasteiger partial charge in [0.05, 0.1) is 35.3 Å². The number of hydrazone groups is 1. The van der Waals surface area contributed by atoms with Crippen LogP contribution in [-0.2, 0) is 4.74 Å². The number of allylic oxidation sites excluding steroid dienone is 1. The number of thiocarbonyl (C=S) groups is 1. The Morgan fingerprint density at radius 1 is 1.23 bits per heavy atom. The number of nitrogens with one attached hydrogen (secondary N) is 1. The molecule has 0 bridgehead atoms. The molecule has 0 atom stereocenters. The summed E-state index contributed by atoms with van der Waals surface area (Å²) in [6.07, 6.45) is 7.84. The van der Waals surface area contributed by atoms with Crippen LogP contribution in [0.2, 0.25) is 0 Å². The molecular weight excluding hydrogens is 408 g/mol. The van der Waals surface area contributed by atoms with Gasteiger partial charge in [-0.05, 0) is 43.4 Å². The number of ether oxygens (including phenoxy) is 2. The largest absolute Gasteiger partial charge is 0.495 e. The van der Waals surface area contributed by atoms with Gasteiger partial charge in [0.1, 0.15) is 29.7 Å². The molecule has 0 radical (unpaired) electrons. The van der Waals surface area contributed by atoms with Crippen LogP contribution < -0.4 is 10.2 Å². The first-order valence-corrected chi connectivity index (χ1v) is 9.36. The molecule has 2 rings (SSSR count). The lowest BCUT2D eigenvalue weighted by atomic mass is 10.2. The second kappa shape index (κ2) is 11.6. The van der Waals surface area contributed by atoms with Crippen molar-refractivity contribution in [2.75, 3.05) is 18.6 Å². The molecule has 1 heterocycles.